The van der Waals surface area contributed by atoms with E-state index in [-0.39, 0.29) is 27.8 Å². The summed E-state index contributed by atoms with van der Waals surface area (Å²) in [5, 5.41) is 18.5. The summed E-state index contributed by atoms with van der Waals surface area (Å²) >= 11 is 5.87. The highest BCUT2D eigenvalue weighted by molar-refractivity contribution is 7.89. The van der Waals surface area contributed by atoms with Gasteiger partial charge in [-0.15, -0.1) is 0 Å². The molecule has 0 saturated heterocycles. The van der Waals surface area contributed by atoms with Crippen molar-refractivity contribution in [1.29, 1.82) is 5.26 Å². The fourth-order valence-electron chi connectivity index (χ4n) is 1.69. The summed E-state index contributed by atoms with van der Waals surface area (Å²) in [6.07, 6.45) is 0. The van der Waals surface area contributed by atoms with E-state index in [1.165, 1.54) is 24.3 Å². The summed E-state index contributed by atoms with van der Waals surface area (Å²) in [6, 6.07) is 12.2. The molecular weight excluding hydrogens is 312 g/mol. The molecule has 0 fully saturated rings. The van der Waals surface area contributed by atoms with E-state index in [0.717, 1.165) is 0 Å². The number of phenolic OH excluding ortho intramolecular Hbond substituents is 1. The minimum Gasteiger partial charge on any atom is -0.508 e. The molecule has 2 aromatic rings. The molecule has 0 aliphatic heterocycles. The Labute approximate surface area is 127 Å². The lowest BCUT2D eigenvalue weighted by Crippen LogP contribution is -2.23. The Bertz CT molecular complexity index is 813. The molecule has 21 heavy (non-hydrogen) atoms. The van der Waals surface area contributed by atoms with Crippen molar-refractivity contribution in [2.75, 3.05) is 0 Å². The number of nitrogens with one attached hydrogen (secondary N) is 1. The van der Waals surface area contributed by atoms with Crippen LogP contribution < -0.4 is 4.72 Å². The quantitative estimate of drug-likeness (QED) is 0.904. The van der Waals surface area contributed by atoms with E-state index >= 15 is 0 Å². The summed E-state index contributed by atoms with van der Waals surface area (Å²) < 4.78 is 26.8. The van der Waals surface area contributed by atoms with Crippen LogP contribution in [0.15, 0.2) is 47.4 Å². The number of para-hydroxylation sites is 1. The van der Waals surface area contributed by atoms with Crippen molar-refractivity contribution < 1.29 is 13.5 Å². The van der Waals surface area contributed by atoms with Crippen LogP contribution in [-0.2, 0) is 16.6 Å². The number of halogens is 1. The van der Waals surface area contributed by atoms with Crippen LogP contribution in [0.1, 0.15) is 11.1 Å². The van der Waals surface area contributed by atoms with Crippen molar-refractivity contribution in [3.63, 3.8) is 0 Å². The molecule has 0 aromatic heterocycles. The van der Waals surface area contributed by atoms with Crippen molar-refractivity contribution in [3.05, 3.63) is 58.6 Å². The molecule has 0 amide bonds. The molecular formula is C14H11ClN2O3S. The third kappa shape index (κ3) is 3.52. The molecule has 0 aliphatic rings. The Hall–Kier alpha value is -2.07. The minimum atomic E-state index is -3.88. The minimum absolute atomic E-state index is 0.00271. The van der Waals surface area contributed by atoms with Gasteiger partial charge in [0.15, 0.2) is 0 Å². The van der Waals surface area contributed by atoms with Crippen LogP contribution in [0.4, 0.5) is 0 Å². The normalized spacial score (nSPS) is 11.0. The molecule has 2 aromatic carbocycles. The Kier molecular flexibility index (Phi) is 4.48. The second-order valence-corrected chi connectivity index (χ2v) is 6.35. The largest absolute Gasteiger partial charge is 0.508 e. The van der Waals surface area contributed by atoms with Gasteiger partial charge in [0.1, 0.15) is 10.6 Å². The third-order valence-electron chi connectivity index (χ3n) is 2.79. The van der Waals surface area contributed by atoms with E-state index in [1.807, 2.05) is 6.07 Å². The predicted molar refractivity (Wildman–Crippen MR) is 78.3 cm³/mol. The maximum absolute atomic E-state index is 12.2. The zero-order valence-corrected chi connectivity index (χ0v) is 12.3. The average Bonchev–Trinajstić information content (AvgIpc) is 2.47. The SMILES string of the molecule is N#Cc1ccc(Cl)c(S(=O)(=O)NCc2ccccc2O)c1. The van der Waals surface area contributed by atoms with Crippen LogP contribution in [0.5, 0.6) is 5.75 Å². The Morgan fingerprint density at radius 1 is 1.24 bits per heavy atom. The lowest BCUT2D eigenvalue weighted by molar-refractivity contribution is 0.467. The van der Waals surface area contributed by atoms with Gasteiger partial charge in [0.05, 0.1) is 16.7 Å². The van der Waals surface area contributed by atoms with Crippen LogP contribution in [0.2, 0.25) is 5.02 Å². The predicted octanol–water partition coefficient (Wildman–Crippen LogP) is 2.40. The summed E-state index contributed by atoms with van der Waals surface area (Å²) in [4.78, 5) is -0.168. The second kappa shape index (κ2) is 6.14. The molecule has 0 aliphatic carbocycles. The first-order valence-corrected chi connectivity index (χ1v) is 7.76. The zero-order valence-electron chi connectivity index (χ0n) is 10.7. The topological polar surface area (TPSA) is 90.2 Å². The van der Waals surface area contributed by atoms with Crippen LogP contribution >= 0.6 is 11.6 Å². The maximum atomic E-state index is 12.2. The molecule has 0 heterocycles. The number of nitriles is 1. The van der Waals surface area contributed by atoms with Gasteiger partial charge in [0.2, 0.25) is 10.0 Å². The van der Waals surface area contributed by atoms with E-state index in [9.17, 15) is 13.5 Å². The molecule has 0 saturated carbocycles. The molecule has 108 valence electrons. The number of aromatic hydroxyl groups is 1. The first kappa shape index (κ1) is 15.3. The van der Waals surface area contributed by atoms with Gasteiger partial charge in [0, 0.05) is 12.1 Å². The smallest absolute Gasteiger partial charge is 0.242 e. The van der Waals surface area contributed by atoms with E-state index in [0.29, 0.717) is 5.56 Å². The molecule has 2 N–H and O–H groups in total. The van der Waals surface area contributed by atoms with Crippen molar-refractivity contribution in [2.24, 2.45) is 0 Å². The molecule has 0 bridgehead atoms. The van der Waals surface area contributed by atoms with Gasteiger partial charge in [0.25, 0.3) is 0 Å². The van der Waals surface area contributed by atoms with Crippen LogP contribution in [0, 0.1) is 11.3 Å². The lowest BCUT2D eigenvalue weighted by Gasteiger charge is -2.09. The Morgan fingerprint density at radius 2 is 1.95 bits per heavy atom. The van der Waals surface area contributed by atoms with Gasteiger partial charge in [-0.2, -0.15) is 5.26 Å². The Morgan fingerprint density at radius 3 is 2.62 bits per heavy atom. The van der Waals surface area contributed by atoms with Gasteiger partial charge in [-0.1, -0.05) is 29.8 Å². The zero-order chi connectivity index (χ0) is 15.5. The molecule has 0 radical (unpaired) electrons. The monoisotopic (exact) mass is 322 g/mol. The second-order valence-electron chi connectivity index (χ2n) is 4.21. The maximum Gasteiger partial charge on any atom is 0.242 e. The van der Waals surface area contributed by atoms with Crippen molar-refractivity contribution in [2.45, 2.75) is 11.4 Å². The van der Waals surface area contributed by atoms with Gasteiger partial charge in [-0.25, -0.2) is 13.1 Å². The van der Waals surface area contributed by atoms with Gasteiger partial charge in [-0.05, 0) is 24.3 Å². The molecule has 7 heteroatoms. The summed E-state index contributed by atoms with van der Waals surface area (Å²) in [6.45, 7) is -0.0812. The molecule has 5 nitrogen and oxygen atoms in total. The summed E-state index contributed by atoms with van der Waals surface area (Å²) in [5.74, 6) is -0.00271. The average molecular weight is 323 g/mol. The lowest BCUT2D eigenvalue weighted by atomic mass is 10.2. The first-order chi connectivity index (χ1) is 9.94. The fourth-order valence-corrected chi connectivity index (χ4v) is 3.22. The number of nitrogens with zero attached hydrogens (tertiary/aromatic N) is 1. The highest BCUT2D eigenvalue weighted by Crippen LogP contribution is 2.23. The highest BCUT2D eigenvalue weighted by Gasteiger charge is 2.18. The number of hydrogen-bond acceptors (Lipinski definition) is 4. The van der Waals surface area contributed by atoms with Gasteiger partial charge < -0.3 is 5.11 Å². The Balaban J connectivity index is 2.28. The van der Waals surface area contributed by atoms with Crippen LogP contribution in [0.3, 0.4) is 0 Å². The number of sulfonamides is 1. The van der Waals surface area contributed by atoms with Gasteiger partial charge in [-0.3, -0.25) is 0 Å². The van der Waals surface area contributed by atoms with Gasteiger partial charge >= 0.3 is 0 Å². The molecule has 0 unspecified atom stereocenters. The summed E-state index contributed by atoms with van der Waals surface area (Å²) in [7, 11) is -3.88. The number of phenols is 1. The van der Waals surface area contributed by atoms with Crippen molar-refractivity contribution >= 4 is 21.6 Å². The summed E-state index contributed by atoms with van der Waals surface area (Å²) in [5.41, 5.74) is 0.635. The molecule has 0 atom stereocenters. The third-order valence-corrected chi connectivity index (χ3v) is 4.68. The number of rotatable bonds is 4. The van der Waals surface area contributed by atoms with Crippen LogP contribution in [-0.4, -0.2) is 13.5 Å². The highest BCUT2D eigenvalue weighted by atomic mass is 35.5. The van der Waals surface area contributed by atoms with Crippen molar-refractivity contribution in [3.8, 4) is 11.8 Å². The molecule has 2 rings (SSSR count). The van der Waals surface area contributed by atoms with Crippen LogP contribution in [0.25, 0.3) is 0 Å². The number of benzene rings is 2. The fraction of sp³-hybridized carbons (Fsp3) is 0.0714. The van der Waals surface area contributed by atoms with E-state index in [2.05, 4.69) is 4.72 Å². The number of hydrogen-bond donors (Lipinski definition) is 2. The van der Waals surface area contributed by atoms with E-state index in [4.69, 9.17) is 16.9 Å². The van der Waals surface area contributed by atoms with E-state index < -0.39 is 10.0 Å². The van der Waals surface area contributed by atoms with E-state index in [1.54, 1.807) is 18.2 Å². The standard InChI is InChI=1S/C14H11ClN2O3S/c15-12-6-5-10(8-16)7-14(12)21(19,20)17-9-11-3-1-2-4-13(11)18/h1-7,17-18H,9H2. The van der Waals surface area contributed by atoms with Crippen molar-refractivity contribution in [1.82, 2.24) is 4.72 Å². The molecule has 0 spiro atoms. The first-order valence-electron chi connectivity index (χ1n) is 5.90.